The van der Waals surface area contributed by atoms with E-state index in [4.69, 9.17) is 10.8 Å². The second-order valence-corrected chi connectivity index (χ2v) is 4.13. The van der Waals surface area contributed by atoms with Gasteiger partial charge in [0, 0.05) is 6.54 Å². The molecule has 3 N–H and O–H groups in total. The van der Waals surface area contributed by atoms with Crippen molar-refractivity contribution in [1.29, 1.82) is 0 Å². The maximum atomic E-state index is 11.9. The van der Waals surface area contributed by atoms with Crippen LogP contribution < -0.4 is 5.73 Å². The van der Waals surface area contributed by atoms with Gasteiger partial charge in [0.1, 0.15) is 6.54 Å². The first-order chi connectivity index (χ1) is 6.99. The van der Waals surface area contributed by atoms with Gasteiger partial charge in [-0.3, -0.25) is 9.59 Å². The van der Waals surface area contributed by atoms with Gasteiger partial charge in [-0.05, 0) is 25.7 Å². The largest absolute Gasteiger partial charge is 0.480 e. The molecule has 1 rings (SSSR count). The number of nitrogens with zero attached hydrogens (tertiary/aromatic N) is 1. The SMILES string of the molecule is CCCN(CC(=O)O)C(=O)C1(N)CCC1. The number of hydrogen-bond donors (Lipinski definition) is 2. The van der Waals surface area contributed by atoms with Crippen LogP contribution in [0.4, 0.5) is 0 Å². The predicted octanol–water partition coefficient (Wildman–Crippen LogP) is 0.191. The van der Waals surface area contributed by atoms with Crippen LogP contribution in [0.3, 0.4) is 0 Å². The Bertz CT molecular complexity index is 261. The van der Waals surface area contributed by atoms with Gasteiger partial charge in [0.2, 0.25) is 5.91 Å². The molecule has 0 aromatic heterocycles. The van der Waals surface area contributed by atoms with Crippen LogP contribution in [0.2, 0.25) is 0 Å². The Balaban J connectivity index is 2.61. The number of amides is 1. The molecule has 1 amide bonds. The van der Waals surface area contributed by atoms with Crippen LogP contribution >= 0.6 is 0 Å². The first-order valence-electron chi connectivity index (χ1n) is 5.29. The van der Waals surface area contributed by atoms with Gasteiger partial charge in [-0.1, -0.05) is 6.92 Å². The van der Waals surface area contributed by atoms with Gasteiger partial charge in [-0.15, -0.1) is 0 Å². The Morgan fingerprint density at radius 2 is 2.07 bits per heavy atom. The van der Waals surface area contributed by atoms with Crippen molar-refractivity contribution in [2.24, 2.45) is 5.73 Å². The molecule has 1 aliphatic rings. The van der Waals surface area contributed by atoms with E-state index in [0.29, 0.717) is 19.4 Å². The molecule has 0 atom stereocenters. The summed E-state index contributed by atoms with van der Waals surface area (Å²) in [6.45, 7) is 2.13. The summed E-state index contributed by atoms with van der Waals surface area (Å²) < 4.78 is 0. The van der Waals surface area contributed by atoms with E-state index in [9.17, 15) is 9.59 Å². The monoisotopic (exact) mass is 214 g/mol. The number of carboxylic acids is 1. The van der Waals surface area contributed by atoms with Gasteiger partial charge in [-0.2, -0.15) is 0 Å². The summed E-state index contributed by atoms with van der Waals surface area (Å²) in [6.07, 6.45) is 3.04. The number of carbonyl (C=O) groups is 2. The third-order valence-electron chi connectivity index (χ3n) is 2.78. The van der Waals surface area contributed by atoms with E-state index in [1.54, 1.807) is 0 Å². The molecule has 5 nitrogen and oxygen atoms in total. The van der Waals surface area contributed by atoms with E-state index in [-0.39, 0.29) is 12.5 Å². The normalized spacial score (nSPS) is 18.0. The minimum Gasteiger partial charge on any atom is -0.480 e. The van der Waals surface area contributed by atoms with E-state index >= 15 is 0 Å². The minimum absolute atomic E-state index is 0.210. The lowest BCUT2D eigenvalue weighted by molar-refractivity contribution is -0.148. The average Bonchev–Trinajstić information content (AvgIpc) is 2.11. The Morgan fingerprint density at radius 1 is 1.47 bits per heavy atom. The van der Waals surface area contributed by atoms with Crippen LogP contribution in [-0.4, -0.2) is 40.5 Å². The molecule has 1 aliphatic carbocycles. The fraction of sp³-hybridized carbons (Fsp3) is 0.800. The quantitative estimate of drug-likeness (QED) is 0.684. The number of carbonyl (C=O) groups excluding carboxylic acids is 1. The Labute approximate surface area is 89.2 Å². The molecule has 86 valence electrons. The average molecular weight is 214 g/mol. The topological polar surface area (TPSA) is 83.6 Å². The third-order valence-corrected chi connectivity index (χ3v) is 2.78. The number of nitrogens with two attached hydrogens (primary N) is 1. The standard InChI is InChI=1S/C10H18N2O3/c1-2-6-12(7-8(13)14)9(15)10(11)4-3-5-10/h2-7,11H2,1H3,(H,13,14). The fourth-order valence-electron chi connectivity index (χ4n) is 1.77. The van der Waals surface area contributed by atoms with Crippen LogP contribution in [0.15, 0.2) is 0 Å². The molecule has 0 bridgehead atoms. The zero-order chi connectivity index (χ0) is 11.5. The van der Waals surface area contributed by atoms with E-state index in [1.165, 1.54) is 4.90 Å². The van der Waals surface area contributed by atoms with Gasteiger partial charge in [0.15, 0.2) is 0 Å². The van der Waals surface area contributed by atoms with Crippen molar-refractivity contribution in [3.05, 3.63) is 0 Å². The van der Waals surface area contributed by atoms with Gasteiger partial charge >= 0.3 is 5.97 Å². The summed E-state index contributed by atoms with van der Waals surface area (Å²) in [6, 6.07) is 0. The van der Waals surface area contributed by atoms with Crippen LogP contribution in [0.5, 0.6) is 0 Å². The summed E-state index contributed by atoms with van der Waals surface area (Å²) in [5.41, 5.74) is 5.08. The zero-order valence-corrected chi connectivity index (χ0v) is 9.03. The molecule has 0 radical (unpaired) electrons. The molecule has 1 fully saturated rings. The summed E-state index contributed by atoms with van der Waals surface area (Å²) in [7, 11) is 0. The number of rotatable bonds is 5. The number of hydrogen-bond acceptors (Lipinski definition) is 3. The number of carboxylic acid groups (broad SMARTS) is 1. The smallest absolute Gasteiger partial charge is 0.323 e. The van der Waals surface area contributed by atoms with E-state index in [2.05, 4.69) is 0 Å². The Hall–Kier alpha value is -1.10. The second-order valence-electron chi connectivity index (χ2n) is 4.13. The minimum atomic E-state index is -0.986. The van der Waals surface area contributed by atoms with Crippen molar-refractivity contribution in [2.45, 2.75) is 38.1 Å². The highest BCUT2D eigenvalue weighted by Crippen LogP contribution is 2.30. The third kappa shape index (κ3) is 2.68. The molecule has 5 heteroatoms. The highest BCUT2D eigenvalue weighted by Gasteiger charge is 2.42. The summed E-state index contributed by atoms with van der Waals surface area (Å²) >= 11 is 0. The zero-order valence-electron chi connectivity index (χ0n) is 9.03. The van der Waals surface area contributed by atoms with Crippen molar-refractivity contribution in [3.8, 4) is 0 Å². The van der Waals surface area contributed by atoms with Crippen LogP contribution in [-0.2, 0) is 9.59 Å². The van der Waals surface area contributed by atoms with Crippen LogP contribution in [0.1, 0.15) is 32.6 Å². The van der Waals surface area contributed by atoms with Gasteiger partial charge in [0.25, 0.3) is 0 Å². The molecule has 0 heterocycles. The fourth-order valence-corrected chi connectivity index (χ4v) is 1.77. The first-order valence-corrected chi connectivity index (χ1v) is 5.29. The maximum absolute atomic E-state index is 11.9. The van der Waals surface area contributed by atoms with Gasteiger partial charge in [-0.25, -0.2) is 0 Å². The molecule has 0 aromatic rings. The Kier molecular flexibility index (Phi) is 3.68. The molecule has 1 saturated carbocycles. The predicted molar refractivity (Wildman–Crippen MR) is 55.3 cm³/mol. The van der Waals surface area contributed by atoms with Crippen molar-refractivity contribution in [2.75, 3.05) is 13.1 Å². The van der Waals surface area contributed by atoms with Gasteiger partial charge in [0.05, 0.1) is 5.54 Å². The maximum Gasteiger partial charge on any atom is 0.323 e. The van der Waals surface area contributed by atoms with Crippen LogP contribution in [0.25, 0.3) is 0 Å². The van der Waals surface area contributed by atoms with Crippen molar-refractivity contribution >= 4 is 11.9 Å². The molecule has 0 saturated heterocycles. The molecular formula is C10H18N2O3. The molecule has 0 spiro atoms. The summed E-state index contributed by atoms with van der Waals surface area (Å²) in [5.74, 6) is -1.20. The summed E-state index contributed by atoms with van der Waals surface area (Å²) in [4.78, 5) is 23.8. The first kappa shape index (κ1) is 12.0. The molecule has 0 aliphatic heterocycles. The lowest BCUT2D eigenvalue weighted by Crippen LogP contribution is -2.60. The molecular weight excluding hydrogens is 196 g/mol. The van der Waals surface area contributed by atoms with Crippen molar-refractivity contribution in [3.63, 3.8) is 0 Å². The van der Waals surface area contributed by atoms with Crippen LogP contribution in [0, 0.1) is 0 Å². The summed E-state index contributed by atoms with van der Waals surface area (Å²) in [5, 5.41) is 8.68. The molecule has 15 heavy (non-hydrogen) atoms. The highest BCUT2D eigenvalue weighted by molar-refractivity contribution is 5.89. The highest BCUT2D eigenvalue weighted by atomic mass is 16.4. The van der Waals surface area contributed by atoms with Crippen molar-refractivity contribution in [1.82, 2.24) is 4.90 Å². The van der Waals surface area contributed by atoms with E-state index in [1.807, 2.05) is 6.92 Å². The second kappa shape index (κ2) is 4.61. The van der Waals surface area contributed by atoms with E-state index in [0.717, 1.165) is 12.8 Å². The van der Waals surface area contributed by atoms with E-state index < -0.39 is 11.5 Å². The Morgan fingerprint density at radius 3 is 2.40 bits per heavy atom. The lowest BCUT2D eigenvalue weighted by Gasteiger charge is -2.39. The van der Waals surface area contributed by atoms with Gasteiger partial charge < -0.3 is 15.7 Å². The molecule has 0 unspecified atom stereocenters. The lowest BCUT2D eigenvalue weighted by atomic mass is 9.76. The number of aliphatic carboxylic acids is 1. The van der Waals surface area contributed by atoms with Crippen molar-refractivity contribution < 1.29 is 14.7 Å². The molecule has 0 aromatic carbocycles.